The van der Waals surface area contributed by atoms with Crippen molar-refractivity contribution in [3.8, 4) is 0 Å². The SMILES string of the molecule is CNS(=O)(=O)c1cc(C(=O)N(CC(=O)O)C(C)C)n(C)c1. The van der Waals surface area contributed by atoms with Crippen molar-refractivity contribution in [1.29, 1.82) is 0 Å². The van der Waals surface area contributed by atoms with Crippen LogP contribution in [-0.4, -0.2) is 54.5 Å². The number of amides is 1. The van der Waals surface area contributed by atoms with Crippen molar-refractivity contribution in [2.45, 2.75) is 24.8 Å². The number of aromatic nitrogens is 1. The average molecular weight is 317 g/mol. The van der Waals surface area contributed by atoms with Gasteiger partial charge in [-0.3, -0.25) is 9.59 Å². The summed E-state index contributed by atoms with van der Waals surface area (Å²) >= 11 is 0. The molecule has 118 valence electrons. The van der Waals surface area contributed by atoms with Crippen LogP contribution >= 0.6 is 0 Å². The molecule has 0 radical (unpaired) electrons. The number of aliphatic carboxylic acids is 1. The topological polar surface area (TPSA) is 109 Å². The molecule has 0 aliphatic rings. The molecule has 1 aromatic heterocycles. The third kappa shape index (κ3) is 3.82. The number of sulfonamides is 1. The van der Waals surface area contributed by atoms with Gasteiger partial charge >= 0.3 is 5.97 Å². The molecule has 1 aromatic rings. The Morgan fingerprint density at radius 3 is 2.43 bits per heavy atom. The maximum Gasteiger partial charge on any atom is 0.323 e. The Balaban J connectivity index is 3.21. The summed E-state index contributed by atoms with van der Waals surface area (Å²) in [6.45, 7) is 2.93. The van der Waals surface area contributed by atoms with Gasteiger partial charge in [0.05, 0.1) is 0 Å². The molecule has 0 aliphatic carbocycles. The van der Waals surface area contributed by atoms with Gasteiger partial charge in [0, 0.05) is 19.3 Å². The normalized spacial score (nSPS) is 11.7. The van der Waals surface area contributed by atoms with Gasteiger partial charge < -0.3 is 14.6 Å². The molecule has 0 atom stereocenters. The van der Waals surface area contributed by atoms with Crippen LogP contribution < -0.4 is 4.72 Å². The van der Waals surface area contributed by atoms with E-state index in [0.717, 1.165) is 4.90 Å². The first kappa shape index (κ1) is 17.2. The third-order valence-corrected chi connectivity index (χ3v) is 4.35. The highest BCUT2D eigenvalue weighted by Crippen LogP contribution is 2.16. The summed E-state index contributed by atoms with van der Waals surface area (Å²) < 4.78 is 27.0. The third-order valence-electron chi connectivity index (χ3n) is 2.97. The predicted molar refractivity (Wildman–Crippen MR) is 75.5 cm³/mol. The molecule has 0 saturated heterocycles. The van der Waals surface area contributed by atoms with E-state index in [4.69, 9.17) is 5.11 Å². The lowest BCUT2D eigenvalue weighted by molar-refractivity contribution is -0.138. The number of aryl methyl sites for hydroxylation is 1. The molecule has 2 N–H and O–H groups in total. The average Bonchev–Trinajstić information content (AvgIpc) is 2.77. The van der Waals surface area contributed by atoms with Crippen molar-refractivity contribution in [2.75, 3.05) is 13.6 Å². The number of nitrogens with one attached hydrogen (secondary N) is 1. The second kappa shape index (κ2) is 6.27. The molecule has 0 aliphatic heterocycles. The fourth-order valence-electron chi connectivity index (χ4n) is 1.79. The monoisotopic (exact) mass is 317 g/mol. The van der Waals surface area contributed by atoms with Gasteiger partial charge in [-0.25, -0.2) is 13.1 Å². The first-order chi connectivity index (χ1) is 9.60. The van der Waals surface area contributed by atoms with E-state index < -0.39 is 28.4 Å². The summed E-state index contributed by atoms with van der Waals surface area (Å²) in [6, 6.07) is 0.902. The van der Waals surface area contributed by atoms with E-state index in [9.17, 15) is 18.0 Å². The molecule has 0 saturated carbocycles. The second-order valence-electron chi connectivity index (χ2n) is 4.80. The molecular weight excluding hydrogens is 298 g/mol. The Morgan fingerprint density at radius 2 is 2.00 bits per heavy atom. The van der Waals surface area contributed by atoms with Crippen molar-refractivity contribution in [1.82, 2.24) is 14.2 Å². The van der Waals surface area contributed by atoms with Crippen LogP contribution in [0.15, 0.2) is 17.2 Å². The summed E-state index contributed by atoms with van der Waals surface area (Å²) in [6.07, 6.45) is 1.30. The highest BCUT2D eigenvalue weighted by atomic mass is 32.2. The first-order valence-electron chi connectivity index (χ1n) is 6.22. The molecule has 1 amide bonds. The van der Waals surface area contributed by atoms with Crippen molar-refractivity contribution in [2.24, 2.45) is 7.05 Å². The highest BCUT2D eigenvalue weighted by molar-refractivity contribution is 7.89. The number of hydrogen-bond donors (Lipinski definition) is 2. The molecule has 0 fully saturated rings. The van der Waals surface area contributed by atoms with Gasteiger partial charge in [-0.05, 0) is 27.0 Å². The van der Waals surface area contributed by atoms with E-state index >= 15 is 0 Å². The van der Waals surface area contributed by atoms with Gasteiger partial charge in [0.2, 0.25) is 10.0 Å². The molecule has 0 bridgehead atoms. The van der Waals surface area contributed by atoms with Crippen molar-refractivity contribution in [3.05, 3.63) is 18.0 Å². The molecule has 9 heteroatoms. The van der Waals surface area contributed by atoms with E-state index in [0.29, 0.717) is 0 Å². The standard InChI is InChI=1S/C12H19N3O5S/c1-8(2)15(7-11(16)17)12(18)10-5-9(6-14(10)4)21(19,20)13-3/h5-6,8,13H,7H2,1-4H3,(H,16,17). The predicted octanol–water partition coefficient (Wildman–Crippen LogP) is -0.132. The van der Waals surface area contributed by atoms with Gasteiger partial charge in [0.15, 0.2) is 0 Å². The largest absolute Gasteiger partial charge is 0.480 e. The second-order valence-corrected chi connectivity index (χ2v) is 6.69. The zero-order valence-electron chi connectivity index (χ0n) is 12.3. The van der Waals surface area contributed by atoms with Crippen molar-refractivity contribution in [3.63, 3.8) is 0 Å². The summed E-state index contributed by atoms with van der Waals surface area (Å²) in [5.74, 6) is -1.67. The molecule has 1 rings (SSSR count). The minimum absolute atomic E-state index is 0.0464. The number of carboxylic acid groups (broad SMARTS) is 1. The fraction of sp³-hybridized carbons (Fsp3) is 0.500. The Kier molecular flexibility index (Phi) is 5.13. The maximum absolute atomic E-state index is 12.4. The minimum Gasteiger partial charge on any atom is -0.480 e. The molecule has 0 spiro atoms. The lowest BCUT2D eigenvalue weighted by atomic mass is 10.2. The van der Waals surface area contributed by atoms with E-state index in [2.05, 4.69) is 4.72 Å². The molecule has 1 heterocycles. The number of hydrogen-bond acceptors (Lipinski definition) is 4. The fourth-order valence-corrected chi connectivity index (χ4v) is 2.59. The Bertz CT molecular complexity index is 648. The number of carbonyl (C=O) groups is 2. The Hall–Kier alpha value is -1.87. The molecule has 0 unspecified atom stereocenters. The van der Waals surface area contributed by atoms with Crippen LogP contribution in [0.4, 0.5) is 0 Å². The number of carbonyl (C=O) groups excluding carboxylic acids is 1. The Morgan fingerprint density at radius 1 is 1.43 bits per heavy atom. The molecule has 21 heavy (non-hydrogen) atoms. The first-order valence-corrected chi connectivity index (χ1v) is 7.71. The van der Waals surface area contributed by atoms with E-state index in [1.54, 1.807) is 13.8 Å². The van der Waals surface area contributed by atoms with Crippen LogP contribution in [0.1, 0.15) is 24.3 Å². The van der Waals surface area contributed by atoms with Crippen molar-refractivity contribution < 1.29 is 23.1 Å². The van der Waals surface area contributed by atoms with Crippen LogP contribution in [0.2, 0.25) is 0 Å². The van der Waals surface area contributed by atoms with Crippen LogP contribution in [0, 0.1) is 0 Å². The quantitative estimate of drug-likeness (QED) is 0.759. The molecule has 0 aromatic carbocycles. The van der Waals surface area contributed by atoms with Gasteiger partial charge in [0.25, 0.3) is 5.91 Å². The highest BCUT2D eigenvalue weighted by Gasteiger charge is 2.25. The minimum atomic E-state index is -3.66. The van der Waals surface area contributed by atoms with Gasteiger partial charge in [0.1, 0.15) is 17.1 Å². The smallest absolute Gasteiger partial charge is 0.323 e. The van der Waals surface area contributed by atoms with Crippen LogP contribution in [-0.2, 0) is 21.9 Å². The lowest BCUT2D eigenvalue weighted by Gasteiger charge is -2.24. The molecule has 8 nitrogen and oxygen atoms in total. The van der Waals surface area contributed by atoms with E-state index in [-0.39, 0.29) is 16.6 Å². The van der Waals surface area contributed by atoms with Crippen LogP contribution in [0.3, 0.4) is 0 Å². The Labute approximate surface area is 123 Å². The summed E-state index contributed by atoms with van der Waals surface area (Å²) in [5.41, 5.74) is 0.110. The maximum atomic E-state index is 12.4. The molecular formula is C12H19N3O5S. The number of nitrogens with zero attached hydrogens (tertiary/aromatic N) is 2. The van der Waals surface area contributed by atoms with Crippen molar-refractivity contribution >= 4 is 21.9 Å². The number of rotatable bonds is 6. The van der Waals surface area contributed by atoms with Gasteiger partial charge in [-0.15, -0.1) is 0 Å². The van der Waals surface area contributed by atoms with Gasteiger partial charge in [-0.1, -0.05) is 0 Å². The van der Waals surface area contributed by atoms with Gasteiger partial charge in [-0.2, -0.15) is 0 Å². The van der Waals surface area contributed by atoms with Crippen LogP contribution in [0.5, 0.6) is 0 Å². The zero-order valence-corrected chi connectivity index (χ0v) is 13.1. The lowest BCUT2D eigenvalue weighted by Crippen LogP contribution is -2.41. The van der Waals surface area contributed by atoms with E-state index in [1.165, 1.54) is 30.9 Å². The number of carboxylic acids is 1. The summed E-state index contributed by atoms with van der Waals surface area (Å²) in [4.78, 5) is 24.4. The summed E-state index contributed by atoms with van der Waals surface area (Å²) in [5, 5.41) is 8.86. The van der Waals surface area contributed by atoms with E-state index in [1.807, 2.05) is 0 Å². The summed E-state index contributed by atoms with van der Waals surface area (Å²) in [7, 11) is -0.859. The van der Waals surface area contributed by atoms with Crippen LogP contribution in [0.25, 0.3) is 0 Å². The zero-order chi connectivity index (χ0) is 16.4.